The Bertz CT molecular complexity index is 890. The molecule has 0 radical (unpaired) electrons. The van der Waals surface area contributed by atoms with Crippen molar-refractivity contribution in [3.05, 3.63) is 52.1 Å². The number of hydrogen-bond acceptors (Lipinski definition) is 5. The molecular weight excluding hydrogens is 387 g/mol. The normalized spacial score (nSPS) is 17.2. The van der Waals surface area contributed by atoms with E-state index >= 15 is 0 Å². The minimum absolute atomic E-state index is 0.0178. The van der Waals surface area contributed by atoms with Crippen LogP contribution in [0.5, 0.6) is 0 Å². The van der Waals surface area contributed by atoms with Crippen molar-refractivity contribution < 1.29 is 19.5 Å². The molecule has 0 saturated carbocycles. The number of aromatic carboxylic acids is 1. The highest BCUT2D eigenvalue weighted by atomic mass is 35.5. The Hall–Kier alpha value is -2.09. The van der Waals surface area contributed by atoms with E-state index in [1.807, 2.05) is 0 Å². The Labute approximate surface area is 156 Å². The zero-order chi connectivity index (χ0) is 18.1. The van der Waals surface area contributed by atoms with E-state index in [1.54, 1.807) is 0 Å². The first kappa shape index (κ1) is 17.7. The molecule has 6 nitrogen and oxygen atoms in total. The van der Waals surface area contributed by atoms with Gasteiger partial charge in [0.05, 0.1) is 21.5 Å². The second-order valence-electron chi connectivity index (χ2n) is 5.14. The van der Waals surface area contributed by atoms with Gasteiger partial charge >= 0.3 is 5.97 Å². The number of carboxylic acid groups (broad SMARTS) is 1. The SMILES string of the molecule is O=C(O)c1cccnc1SC1CC(=O)N(c2ccc(Cl)cc2Cl)C1=O. The van der Waals surface area contributed by atoms with Gasteiger partial charge in [-0.1, -0.05) is 35.0 Å². The Balaban J connectivity index is 1.88. The van der Waals surface area contributed by atoms with Crippen LogP contribution in [0.15, 0.2) is 41.6 Å². The third-order valence-electron chi connectivity index (χ3n) is 3.51. The predicted molar refractivity (Wildman–Crippen MR) is 94.4 cm³/mol. The number of pyridine rings is 1. The smallest absolute Gasteiger partial charge is 0.338 e. The molecule has 1 N–H and O–H groups in total. The number of halogens is 2. The van der Waals surface area contributed by atoms with Crippen LogP contribution in [0.1, 0.15) is 16.8 Å². The molecule has 1 saturated heterocycles. The van der Waals surface area contributed by atoms with Crippen LogP contribution < -0.4 is 4.90 Å². The van der Waals surface area contributed by atoms with Crippen molar-refractivity contribution in [3.63, 3.8) is 0 Å². The first-order valence-electron chi connectivity index (χ1n) is 7.05. The van der Waals surface area contributed by atoms with Gasteiger partial charge in [-0.05, 0) is 30.3 Å². The van der Waals surface area contributed by atoms with Gasteiger partial charge in [0.25, 0.3) is 0 Å². The molecule has 1 fully saturated rings. The van der Waals surface area contributed by atoms with Gasteiger partial charge in [-0.25, -0.2) is 14.7 Å². The molecule has 128 valence electrons. The lowest BCUT2D eigenvalue weighted by atomic mass is 10.3. The Morgan fingerprint density at radius 2 is 2.04 bits per heavy atom. The molecule has 2 aromatic rings. The van der Waals surface area contributed by atoms with Crippen LogP contribution in [-0.4, -0.2) is 33.1 Å². The molecule has 1 aromatic carbocycles. The van der Waals surface area contributed by atoms with Crippen molar-refractivity contribution in [2.45, 2.75) is 16.7 Å². The van der Waals surface area contributed by atoms with Crippen molar-refractivity contribution in [1.29, 1.82) is 0 Å². The number of thioether (sulfide) groups is 1. The summed E-state index contributed by atoms with van der Waals surface area (Å²) in [7, 11) is 0. The molecule has 3 rings (SSSR count). The number of hydrogen-bond donors (Lipinski definition) is 1. The largest absolute Gasteiger partial charge is 0.478 e. The molecule has 1 aliphatic rings. The molecule has 1 atom stereocenters. The third kappa shape index (κ3) is 3.49. The fraction of sp³-hybridized carbons (Fsp3) is 0.125. The standard InChI is InChI=1S/C16H10Cl2N2O4S/c17-8-3-4-11(10(18)6-8)20-13(21)7-12(15(20)22)25-14-9(16(23)24)2-1-5-19-14/h1-6,12H,7H2,(H,23,24). The minimum atomic E-state index is -1.15. The number of imide groups is 1. The van der Waals surface area contributed by atoms with Gasteiger partial charge in [0.15, 0.2) is 0 Å². The summed E-state index contributed by atoms with van der Waals surface area (Å²) in [4.78, 5) is 41.2. The molecule has 2 amide bonds. The average Bonchev–Trinajstić information content (AvgIpc) is 2.82. The van der Waals surface area contributed by atoms with Crippen LogP contribution in [0.2, 0.25) is 10.0 Å². The minimum Gasteiger partial charge on any atom is -0.478 e. The monoisotopic (exact) mass is 396 g/mol. The van der Waals surface area contributed by atoms with Gasteiger partial charge in [-0.15, -0.1) is 0 Å². The first-order chi connectivity index (χ1) is 11.9. The highest BCUT2D eigenvalue weighted by molar-refractivity contribution is 8.00. The van der Waals surface area contributed by atoms with Gasteiger partial charge in [0, 0.05) is 17.6 Å². The maximum absolute atomic E-state index is 12.7. The third-order valence-corrected chi connectivity index (χ3v) is 5.25. The van der Waals surface area contributed by atoms with Gasteiger partial charge in [0.2, 0.25) is 11.8 Å². The lowest BCUT2D eigenvalue weighted by Crippen LogP contribution is -2.31. The van der Waals surface area contributed by atoms with Crippen LogP contribution in [0.3, 0.4) is 0 Å². The molecule has 9 heteroatoms. The van der Waals surface area contributed by atoms with E-state index in [0.29, 0.717) is 5.02 Å². The summed E-state index contributed by atoms with van der Waals surface area (Å²) >= 11 is 12.9. The van der Waals surface area contributed by atoms with E-state index in [2.05, 4.69) is 4.98 Å². The number of aromatic nitrogens is 1. The van der Waals surface area contributed by atoms with Crippen molar-refractivity contribution in [3.8, 4) is 0 Å². The van der Waals surface area contributed by atoms with Crippen molar-refractivity contribution in [2.24, 2.45) is 0 Å². The number of anilines is 1. The van der Waals surface area contributed by atoms with Crippen LogP contribution in [0.25, 0.3) is 0 Å². The number of benzene rings is 1. The van der Waals surface area contributed by atoms with Gasteiger partial charge in [0.1, 0.15) is 5.03 Å². The summed E-state index contributed by atoms with van der Waals surface area (Å²) in [6.07, 6.45) is 1.36. The second kappa shape index (κ2) is 7.03. The molecule has 0 spiro atoms. The first-order valence-corrected chi connectivity index (χ1v) is 8.69. The van der Waals surface area contributed by atoms with Crippen LogP contribution in [-0.2, 0) is 9.59 Å². The Morgan fingerprint density at radius 1 is 1.28 bits per heavy atom. The maximum Gasteiger partial charge on any atom is 0.338 e. The molecule has 1 aromatic heterocycles. The highest BCUT2D eigenvalue weighted by Gasteiger charge is 2.41. The van der Waals surface area contributed by atoms with Crippen LogP contribution in [0.4, 0.5) is 5.69 Å². The number of carboxylic acids is 1. The lowest BCUT2D eigenvalue weighted by Gasteiger charge is -2.16. The van der Waals surface area contributed by atoms with Crippen molar-refractivity contribution >= 4 is 58.4 Å². The van der Waals surface area contributed by atoms with E-state index < -0.39 is 23.0 Å². The van der Waals surface area contributed by atoms with Gasteiger partial charge in [-0.2, -0.15) is 0 Å². The van der Waals surface area contributed by atoms with Gasteiger partial charge < -0.3 is 5.11 Å². The number of carbonyl (C=O) groups is 3. The summed E-state index contributed by atoms with van der Waals surface area (Å²) in [6.45, 7) is 0. The average molecular weight is 397 g/mol. The lowest BCUT2D eigenvalue weighted by molar-refractivity contribution is -0.121. The number of carbonyl (C=O) groups excluding carboxylic acids is 2. The number of rotatable bonds is 4. The fourth-order valence-corrected chi connectivity index (χ4v) is 3.99. The Kier molecular flexibility index (Phi) is 4.99. The van der Waals surface area contributed by atoms with Crippen molar-refractivity contribution in [1.82, 2.24) is 4.98 Å². The molecule has 0 bridgehead atoms. The number of nitrogens with zero attached hydrogens (tertiary/aromatic N) is 2. The second-order valence-corrected chi connectivity index (χ2v) is 7.17. The quantitative estimate of drug-likeness (QED) is 0.795. The summed E-state index contributed by atoms with van der Waals surface area (Å²) in [5, 5.41) is 9.19. The fourth-order valence-electron chi connectivity index (χ4n) is 2.39. The number of amides is 2. The van der Waals surface area contributed by atoms with E-state index in [4.69, 9.17) is 23.2 Å². The zero-order valence-electron chi connectivity index (χ0n) is 12.5. The summed E-state index contributed by atoms with van der Waals surface area (Å²) < 4.78 is 0. The van der Waals surface area contributed by atoms with E-state index in [-0.39, 0.29) is 27.7 Å². The van der Waals surface area contributed by atoms with E-state index in [0.717, 1.165) is 16.7 Å². The molecule has 1 unspecified atom stereocenters. The van der Waals surface area contributed by atoms with Crippen LogP contribution >= 0.6 is 35.0 Å². The Morgan fingerprint density at radius 3 is 2.72 bits per heavy atom. The highest BCUT2D eigenvalue weighted by Crippen LogP contribution is 2.37. The predicted octanol–water partition coefficient (Wildman–Crippen LogP) is 3.51. The molecular formula is C16H10Cl2N2O4S. The topological polar surface area (TPSA) is 87.6 Å². The van der Waals surface area contributed by atoms with Crippen LogP contribution in [0, 0.1) is 0 Å². The van der Waals surface area contributed by atoms with E-state index in [1.165, 1.54) is 36.5 Å². The maximum atomic E-state index is 12.7. The van der Waals surface area contributed by atoms with E-state index in [9.17, 15) is 19.5 Å². The summed E-state index contributed by atoms with van der Waals surface area (Å²) in [5.74, 6) is -2.04. The van der Waals surface area contributed by atoms with Crippen molar-refractivity contribution in [2.75, 3.05) is 4.90 Å². The molecule has 2 heterocycles. The summed E-state index contributed by atoms with van der Waals surface area (Å²) in [5.41, 5.74) is 0.236. The molecule has 1 aliphatic heterocycles. The molecule has 0 aliphatic carbocycles. The molecule has 25 heavy (non-hydrogen) atoms. The zero-order valence-corrected chi connectivity index (χ0v) is 14.8. The van der Waals surface area contributed by atoms with Gasteiger partial charge in [-0.3, -0.25) is 9.59 Å². The summed E-state index contributed by atoms with van der Waals surface area (Å²) in [6, 6.07) is 7.37.